The second-order valence-electron chi connectivity index (χ2n) is 9.32. The van der Waals surface area contributed by atoms with Gasteiger partial charge in [-0.1, -0.05) is 43.5 Å². The van der Waals surface area contributed by atoms with Gasteiger partial charge >= 0.3 is 6.03 Å². The van der Waals surface area contributed by atoms with Crippen molar-refractivity contribution in [1.29, 1.82) is 5.26 Å². The molecule has 0 unspecified atom stereocenters. The lowest BCUT2D eigenvalue weighted by atomic mass is 9.79. The number of hydrogen-bond acceptors (Lipinski definition) is 6. The average molecular weight is 483 g/mol. The number of ether oxygens (including phenoxy) is 1. The Balaban J connectivity index is 1.25. The molecule has 184 valence electrons. The van der Waals surface area contributed by atoms with Gasteiger partial charge in [0, 0.05) is 30.7 Å². The molecule has 2 aliphatic rings. The van der Waals surface area contributed by atoms with E-state index in [1.807, 2.05) is 30.3 Å². The molecule has 2 fully saturated rings. The standard InChI is InChI=1S/C28H30N6O2/c29-20-26-30-15-12-25(32-26)28(13-2-1-3-14-28)33-27(35)31-23-8-4-21(5-9-23)22-6-10-24(11-7-22)34-16-18-36-19-17-34/h4-12,15H,1-3,13-14,16-19H2,(H2,31,33,35). The normalized spacial score (nSPS) is 17.1. The van der Waals surface area contributed by atoms with Crippen LogP contribution in [0.25, 0.3) is 11.1 Å². The lowest BCUT2D eigenvalue weighted by Crippen LogP contribution is -2.49. The molecule has 1 aliphatic heterocycles. The molecule has 0 radical (unpaired) electrons. The average Bonchev–Trinajstić information content (AvgIpc) is 2.94. The summed E-state index contributed by atoms with van der Waals surface area (Å²) in [6.07, 6.45) is 6.25. The van der Waals surface area contributed by atoms with E-state index in [-0.39, 0.29) is 11.9 Å². The van der Waals surface area contributed by atoms with Gasteiger partial charge in [0.05, 0.1) is 24.4 Å². The highest BCUT2D eigenvalue weighted by molar-refractivity contribution is 5.90. The summed E-state index contributed by atoms with van der Waals surface area (Å²) < 4.78 is 5.44. The number of carbonyl (C=O) groups excluding carboxylic acids is 1. The SMILES string of the molecule is N#Cc1nccc(C2(NC(=O)Nc3ccc(-c4ccc(N5CCOCC5)cc4)cc3)CCCCC2)n1. The van der Waals surface area contributed by atoms with Gasteiger partial charge in [0.25, 0.3) is 0 Å². The van der Waals surface area contributed by atoms with E-state index in [0.29, 0.717) is 11.4 Å². The second kappa shape index (κ2) is 10.8. The molecule has 1 saturated carbocycles. The van der Waals surface area contributed by atoms with Crippen LogP contribution >= 0.6 is 0 Å². The minimum absolute atomic E-state index is 0.119. The first-order valence-electron chi connectivity index (χ1n) is 12.5. The van der Waals surface area contributed by atoms with Crippen molar-refractivity contribution in [3.8, 4) is 17.2 Å². The smallest absolute Gasteiger partial charge is 0.319 e. The van der Waals surface area contributed by atoms with Crippen LogP contribution in [0.5, 0.6) is 0 Å². The molecule has 0 bridgehead atoms. The van der Waals surface area contributed by atoms with Crippen molar-refractivity contribution in [1.82, 2.24) is 15.3 Å². The molecule has 8 heteroatoms. The Morgan fingerprint density at radius 1 is 0.944 bits per heavy atom. The molecule has 1 saturated heterocycles. The number of rotatable bonds is 5. The Morgan fingerprint density at radius 3 is 2.28 bits per heavy atom. The molecule has 0 spiro atoms. The van der Waals surface area contributed by atoms with Crippen molar-refractivity contribution in [3.63, 3.8) is 0 Å². The molecule has 1 aliphatic carbocycles. The van der Waals surface area contributed by atoms with Crippen LogP contribution in [0.1, 0.15) is 43.6 Å². The first-order chi connectivity index (χ1) is 17.6. The van der Waals surface area contributed by atoms with Crippen molar-refractivity contribution in [2.45, 2.75) is 37.6 Å². The summed E-state index contributed by atoms with van der Waals surface area (Å²) in [4.78, 5) is 23.7. The maximum atomic E-state index is 13.0. The number of amides is 2. The maximum Gasteiger partial charge on any atom is 0.319 e. The highest BCUT2D eigenvalue weighted by Gasteiger charge is 2.37. The van der Waals surface area contributed by atoms with Crippen molar-refractivity contribution >= 4 is 17.4 Å². The topological polar surface area (TPSA) is 103 Å². The molecule has 8 nitrogen and oxygen atoms in total. The predicted octanol–water partition coefficient (Wildman–Crippen LogP) is 4.83. The molecule has 36 heavy (non-hydrogen) atoms. The van der Waals surface area contributed by atoms with Crippen LogP contribution in [-0.2, 0) is 10.3 Å². The number of urea groups is 1. The highest BCUT2D eigenvalue weighted by atomic mass is 16.5. The molecule has 5 rings (SSSR count). The molecule has 0 atom stereocenters. The number of carbonyl (C=O) groups is 1. The molecule has 3 aromatic rings. The Morgan fingerprint density at radius 2 is 1.61 bits per heavy atom. The lowest BCUT2D eigenvalue weighted by Gasteiger charge is -2.37. The van der Waals surface area contributed by atoms with Gasteiger partial charge in [0.2, 0.25) is 5.82 Å². The van der Waals surface area contributed by atoms with Gasteiger partial charge in [-0.25, -0.2) is 14.8 Å². The fourth-order valence-electron chi connectivity index (χ4n) is 5.09. The van der Waals surface area contributed by atoms with Gasteiger partial charge in [-0.15, -0.1) is 0 Å². The first kappa shape index (κ1) is 23.8. The van der Waals surface area contributed by atoms with E-state index in [0.717, 1.165) is 69.5 Å². The van der Waals surface area contributed by atoms with Crippen LogP contribution in [0, 0.1) is 11.3 Å². The Hall–Kier alpha value is -3.96. The van der Waals surface area contributed by atoms with Gasteiger partial charge < -0.3 is 20.3 Å². The zero-order valence-corrected chi connectivity index (χ0v) is 20.2. The Kier molecular flexibility index (Phi) is 7.10. The number of anilines is 2. The number of aromatic nitrogens is 2. The van der Waals surface area contributed by atoms with Crippen molar-refractivity contribution < 1.29 is 9.53 Å². The fourth-order valence-corrected chi connectivity index (χ4v) is 5.09. The number of hydrogen-bond donors (Lipinski definition) is 2. The van der Waals surface area contributed by atoms with E-state index >= 15 is 0 Å². The van der Waals surface area contributed by atoms with Gasteiger partial charge in [-0.05, 0) is 54.3 Å². The van der Waals surface area contributed by atoms with Gasteiger partial charge in [-0.3, -0.25) is 0 Å². The zero-order chi connectivity index (χ0) is 24.8. The summed E-state index contributed by atoms with van der Waals surface area (Å²) in [5.41, 5.74) is 4.23. The van der Waals surface area contributed by atoms with Crippen LogP contribution < -0.4 is 15.5 Å². The van der Waals surface area contributed by atoms with Crippen molar-refractivity contribution in [2.24, 2.45) is 0 Å². The van der Waals surface area contributed by atoms with Crippen LogP contribution in [0.4, 0.5) is 16.2 Å². The summed E-state index contributed by atoms with van der Waals surface area (Å²) in [5.74, 6) is 0.119. The summed E-state index contributed by atoms with van der Waals surface area (Å²) >= 11 is 0. The van der Waals surface area contributed by atoms with Crippen molar-refractivity contribution in [2.75, 3.05) is 36.5 Å². The van der Waals surface area contributed by atoms with Crippen LogP contribution in [0.2, 0.25) is 0 Å². The first-order valence-corrected chi connectivity index (χ1v) is 12.5. The number of morpholine rings is 1. The number of benzene rings is 2. The Bertz CT molecular complexity index is 1220. The third-order valence-electron chi connectivity index (χ3n) is 7.03. The molecule has 2 N–H and O–H groups in total. The quantitative estimate of drug-likeness (QED) is 0.540. The van der Waals surface area contributed by atoms with Crippen LogP contribution in [-0.4, -0.2) is 42.3 Å². The molecule has 2 heterocycles. The molecule has 1 aromatic heterocycles. The van der Waals surface area contributed by atoms with E-state index in [2.05, 4.69) is 49.8 Å². The minimum Gasteiger partial charge on any atom is -0.378 e. The minimum atomic E-state index is -0.598. The summed E-state index contributed by atoms with van der Waals surface area (Å²) in [6.45, 7) is 3.37. The van der Waals surface area contributed by atoms with E-state index in [9.17, 15) is 10.1 Å². The zero-order valence-electron chi connectivity index (χ0n) is 20.2. The third-order valence-corrected chi connectivity index (χ3v) is 7.03. The van der Waals surface area contributed by atoms with Gasteiger partial charge in [-0.2, -0.15) is 5.26 Å². The van der Waals surface area contributed by atoms with Crippen molar-refractivity contribution in [3.05, 3.63) is 72.3 Å². The number of nitrogens with one attached hydrogen (secondary N) is 2. The largest absolute Gasteiger partial charge is 0.378 e. The van der Waals surface area contributed by atoms with Gasteiger partial charge in [0.1, 0.15) is 6.07 Å². The maximum absolute atomic E-state index is 13.0. The predicted molar refractivity (Wildman–Crippen MR) is 139 cm³/mol. The summed E-state index contributed by atoms with van der Waals surface area (Å²) in [7, 11) is 0. The summed E-state index contributed by atoms with van der Waals surface area (Å²) in [6, 6.07) is 19.9. The van der Waals surface area contributed by atoms with E-state index in [1.54, 1.807) is 12.3 Å². The third kappa shape index (κ3) is 5.31. The number of nitrogens with zero attached hydrogens (tertiary/aromatic N) is 4. The Labute approximate surface area is 211 Å². The fraction of sp³-hybridized carbons (Fsp3) is 0.357. The molecular formula is C28H30N6O2. The van der Waals surface area contributed by atoms with Crippen LogP contribution in [0.15, 0.2) is 60.8 Å². The highest BCUT2D eigenvalue weighted by Crippen LogP contribution is 2.36. The van der Waals surface area contributed by atoms with E-state index in [1.165, 1.54) is 5.69 Å². The lowest BCUT2D eigenvalue weighted by molar-refractivity contribution is 0.122. The van der Waals surface area contributed by atoms with E-state index in [4.69, 9.17) is 4.74 Å². The van der Waals surface area contributed by atoms with Gasteiger partial charge in [0.15, 0.2) is 0 Å². The molecular weight excluding hydrogens is 452 g/mol. The second-order valence-corrected chi connectivity index (χ2v) is 9.32. The molecule has 2 aromatic carbocycles. The van der Waals surface area contributed by atoms with E-state index < -0.39 is 5.54 Å². The summed E-state index contributed by atoms with van der Waals surface area (Å²) in [5, 5.41) is 15.4. The number of nitriles is 1. The van der Waals surface area contributed by atoms with Crippen LogP contribution in [0.3, 0.4) is 0 Å². The monoisotopic (exact) mass is 482 g/mol. The molecule has 2 amide bonds.